The lowest BCUT2D eigenvalue weighted by Gasteiger charge is -2.14. The maximum Gasteiger partial charge on any atom is 0.0396 e. The minimum Gasteiger partial charge on any atom is -0.355 e. The van der Waals surface area contributed by atoms with Gasteiger partial charge in [0.2, 0.25) is 0 Å². The Morgan fingerprint density at radius 1 is 0.286 bits per heavy atom. The van der Waals surface area contributed by atoms with E-state index in [-0.39, 0.29) is 0 Å². The van der Waals surface area contributed by atoms with Crippen molar-refractivity contribution in [3.05, 3.63) is 146 Å². The summed E-state index contributed by atoms with van der Waals surface area (Å²) in [5, 5.41) is 6.13. The second-order valence-electron chi connectivity index (χ2n) is 8.80. The third kappa shape index (κ3) is 4.58. The smallest absolute Gasteiger partial charge is 0.0396 e. The van der Waals surface area contributed by atoms with Gasteiger partial charge >= 0.3 is 0 Å². The summed E-state index contributed by atoms with van der Waals surface area (Å²) in [6.45, 7) is 0. The van der Waals surface area contributed by atoms with Gasteiger partial charge in [0.05, 0.1) is 0 Å². The molecular weight excluding hydrogens is 422 g/mol. The maximum absolute atomic E-state index is 3.65. The van der Waals surface area contributed by atoms with Crippen LogP contribution in [0.3, 0.4) is 0 Å². The van der Waals surface area contributed by atoms with Gasteiger partial charge in [-0.15, -0.1) is 0 Å². The lowest BCUT2D eigenvalue weighted by atomic mass is 9.96. The summed E-state index contributed by atoms with van der Waals surface area (Å²) in [4.78, 5) is 0. The largest absolute Gasteiger partial charge is 0.355 e. The first-order valence-electron chi connectivity index (χ1n) is 11.9. The summed E-state index contributed by atoms with van der Waals surface area (Å²) in [6.07, 6.45) is 0. The Balaban J connectivity index is 1.40. The van der Waals surface area contributed by atoms with Crippen LogP contribution in [0.2, 0.25) is 0 Å². The van der Waals surface area contributed by atoms with Crippen LogP contribution in [-0.4, -0.2) is 0 Å². The zero-order valence-corrected chi connectivity index (χ0v) is 19.4. The summed E-state index contributed by atoms with van der Waals surface area (Å²) >= 11 is 0. The van der Waals surface area contributed by atoms with Gasteiger partial charge in [0.1, 0.15) is 0 Å². The highest BCUT2D eigenvalue weighted by Gasteiger charge is 2.07. The van der Waals surface area contributed by atoms with Crippen LogP contribution in [0.15, 0.2) is 146 Å². The highest BCUT2D eigenvalue weighted by molar-refractivity contribution is 5.87. The average molecular weight is 448 g/mol. The van der Waals surface area contributed by atoms with E-state index < -0.39 is 0 Å². The van der Waals surface area contributed by atoms with Crippen LogP contribution in [-0.2, 0) is 0 Å². The number of anilines is 2. The Kier molecular flexibility index (Phi) is 5.58. The molecule has 0 unspecified atom stereocenters. The van der Waals surface area contributed by atoms with E-state index in [0.717, 1.165) is 11.4 Å². The monoisotopic (exact) mass is 447 g/mol. The van der Waals surface area contributed by atoms with E-state index in [1.807, 2.05) is 0 Å². The molecule has 0 saturated carbocycles. The number of benzene rings is 6. The van der Waals surface area contributed by atoms with E-state index in [0.29, 0.717) is 0 Å². The molecule has 6 aromatic rings. The number of rotatable bonds is 5. The number of hydrogen-bond acceptors (Lipinski definition) is 1. The van der Waals surface area contributed by atoms with E-state index >= 15 is 0 Å². The van der Waals surface area contributed by atoms with Gasteiger partial charge < -0.3 is 5.32 Å². The molecule has 0 aliphatic carbocycles. The lowest BCUT2D eigenvalue weighted by molar-refractivity contribution is 1.53. The van der Waals surface area contributed by atoms with Crippen LogP contribution in [0.1, 0.15) is 0 Å². The van der Waals surface area contributed by atoms with Gasteiger partial charge in [-0.25, -0.2) is 0 Å². The summed E-state index contributed by atoms with van der Waals surface area (Å²) in [6, 6.07) is 51.6. The zero-order chi connectivity index (χ0) is 23.5. The fourth-order valence-electron chi connectivity index (χ4n) is 4.58. The van der Waals surface area contributed by atoms with Crippen LogP contribution in [0, 0.1) is 0 Å². The molecule has 6 aromatic carbocycles. The predicted molar refractivity (Wildman–Crippen MR) is 150 cm³/mol. The Morgan fingerprint density at radius 2 is 0.771 bits per heavy atom. The SMILES string of the molecule is c1ccc(-c2ccc(-c3cc(Nc4ccc5ccccc5c4)cc(-c4ccccc4)c3)cc2)cc1. The second-order valence-corrected chi connectivity index (χ2v) is 8.80. The zero-order valence-electron chi connectivity index (χ0n) is 19.4. The summed E-state index contributed by atoms with van der Waals surface area (Å²) < 4.78 is 0. The van der Waals surface area contributed by atoms with E-state index in [9.17, 15) is 0 Å². The molecule has 0 saturated heterocycles. The minimum absolute atomic E-state index is 1.07. The highest BCUT2D eigenvalue weighted by Crippen LogP contribution is 2.33. The van der Waals surface area contributed by atoms with Crippen molar-refractivity contribution in [1.29, 1.82) is 0 Å². The third-order valence-corrected chi connectivity index (χ3v) is 6.40. The molecule has 0 spiro atoms. The molecule has 1 N–H and O–H groups in total. The van der Waals surface area contributed by atoms with Crippen molar-refractivity contribution >= 4 is 22.1 Å². The minimum atomic E-state index is 1.07. The third-order valence-electron chi connectivity index (χ3n) is 6.40. The first kappa shape index (κ1) is 20.9. The lowest BCUT2D eigenvalue weighted by Crippen LogP contribution is -1.93. The van der Waals surface area contributed by atoms with Gasteiger partial charge in [0.25, 0.3) is 0 Å². The fraction of sp³-hybridized carbons (Fsp3) is 0. The average Bonchev–Trinajstić information content (AvgIpc) is 2.94. The van der Waals surface area contributed by atoms with Crippen molar-refractivity contribution in [2.75, 3.05) is 5.32 Å². The molecule has 0 aliphatic rings. The molecule has 0 aliphatic heterocycles. The molecule has 0 atom stereocenters. The summed E-state index contributed by atoms with van der Waals surface area (Å²) in [7, 11) is 0. The Morgan fingerprint density at radius 3 is 1.40 bits per heavy atom. The topological polar surface area (TPSA) is 12.0 Å². The van der Waals surface area contributed by atoms with Crippen molar-refractivity contribution in [3.8, 4) is 33.4 Å². The Bertz CT molecular complexity index is 1580. The van der Waals surface area contributed by atoms with Gasteiger partial charge in [-0.1, -0.05) is 115 Å². The molecule has 0 radical (unpaired) electrons. The molecule has 166 valence electrons. The molecule has 35 heavy (non-hydrogen) atoms. The van der Waals surface area contributed by atoms with Gasteiger partial charge in [0, 0.05) is 11.4 Å². The van der Waals surface area contributed by atoms with Crippen molar-refractivity contribution in [1.82, 2.24) is 0 Å². The molecule has 1 heteroatoms. The van der Waals surface area contributed by atoms with E-state index in [1.165, 1.54) is 44.2 Å². The van der Waals surface area contributed by atoms with E-state index in [4.69, 9.17) is 0 Å². The van der Waals surface area contributed by atoms with Gasteiger partial charge in [-0.3, -0.25) is 0 Å². The van der Waals surface area contributed by atoms with Crippen LogP contribution >= 0.6 is 0 Å². The summed E-state index contributed by atoms with van der Waals surface area (Å²) in [5.41, 5.74) is 9.40. The first-order chi connectivity index (χ1) is 17.3. The van der Waals surface area contributed by atoms with Crippen LogP contribution in [0.4, 0.5) is 11.4 Å². The predicted octanol–water partition coefficient (Wildman–Crippen LogP) is 9.58. The van der Waals surface area contributed by atoms with Crippen molar-refractivity contribution in [2.45, 2.75) is 0 Å². The molecule has 0 bridgehead atoms. The van der Waals surface area contributed by atoms with Gasteiger partial charge in [-0.05, 0) is 74.5 Å². The standard InChI is InChI=1S/C34H25N/c1-3-9-25(10-4-1)28-15-17-29(18-16-28)32-21-31(26-11-5-2-6-12-26)23-34(24-32)35-33-20-19-27-13-7-8-14-30(27)22-33/h1-24,35H. The Hall–Kier alpha value is -4.62. The fourth-order valence-corrected chi connectivity index (χ4v) is 4.58. The van der Waals surface area contributed by atoms with Crippen LogP contribution < -0.4 is 5.32 Å². The maximum atomic E-state index is 3.65. The van der Waals surface area contributed by atoms with Gasteiger partial charge in [0.15, 0.2) is 0 Å². The molecule has 0 amide bonds. The quantitative estimate of drug-likeness (QED) is 0.277. The number of hydrogen-bond donors (Lipinski definition) is 1. The molecular formula is C34H25N. The number of fused-ring (bicyclic) bond motifs is 1. The van der Waals surface area contributed by atoms with Crippen LogP contribution in [0.5, 0.6) is 0 Å². The molecule has 0 fully saturated rings. The summed E-state index contributed by atoms with van der Waals surface area (Å²) in [5.74, 6) is 0. The van der Waals surface area contributed by atoms with E-state index in [2.05, 4.69) is 151 Å². The van der Waals surface area contributed by atoms with Crippen LogP contribution in [0.25, 0.3) is 44.2 Å². The second kappa shape index (κ2) is 9.32. The first-order valence-corrected chi connectivity index (χ1v) is 11.9. The number of nitrogens with one attached hydrogen (secondary N) is 1. The highest BCUT2D eigenvalue weighted by atomic mass is 14.9. The molecule has 0 heterocycles. The normalized spacial score (nSPS) is 10.9. The molecule has 1 nitrogen and oxygen atoms in total. The van der Waals surface area contributed by atoms with Gasteiger partial charge in [-0.2, -0.15) is 0 Å². The Labute approximate surface area is 206 Å². The molecule has 0 aromatic heterocycles. The van der Waals surface area contributed by atoms with Crippen molar-refractivity contribution < 1.29 is 0 Å². The molecule has 6 rings (SSSR count). The van der Waals surface area contributed by atoms with Crippen molar-refractivity contribution in [3.63, 3.8) is 0 Å². The van der Waals surface area contributed by atoms with Crippen molar-refractivity contribution in [2.24, 2.45) is 0 Å². The van der Waals surface area contributed by atoms with E-state index in [1.54, 1.807) is 0 Å².